The van der Waals surface area contributed by atoms with E-state index in [1.807, 2.05) is 0 Å². The Morgan fingerprint density at radius 2 is 1.93 bits per heavy atom. The van der Waals surface area contributed by atoms with Crippen LogP contribution in [0.1, 0.15) is 36.9 Å². The molecule has 1 atom stereocenters. The summed E-state index contributed by atoms with van der Waals surface area (Å²) >= 11 is 6.14. The van der Waals surface area contributed by atoms with Gasteiger partial charge < -0.3 is 10.2 Å². The highest BCUT2D eigenvalue weighted by Gasteiger charge is 2.41. The molecule has 6 nitrogen and oxygen atoms in total. The second-order valence-electron chi connectivity index (χ2n) is 7.70. The van der Waals surface area contributed by atoms with Crippen LogP contribution in [0.25, 0.3) is 5.69 Å². The van der Waals surface area contributed by atoms with E-state index in [1.54, 1.807) is 17.9 Å². The number of carbonyl (C=O) groups is 2. The number of aryl methyl sites for hydroxylation is 1. The van der Waals surface area contributed by atoms with Crippen molar-refractivity contribution >= 4 is 29.2 Å². The minimum atomic E-state index is -4.54. The molecular weight excluding hydrogens is 421 g/mol. The van der Waals surface area contributed by atoms with Gasteiger partial charge in [-0.25, -0.2) is 4.68 Å². The van der Waals surface area contributed by atoms with E-state index in [0.29, 0.717) is 18.7 Å². The molecule has 4 rings (SSSR count). The highest BCUT2D eigenvalue weighted by atomic mass is 35.5. The Kier molecular flexibility index (Phi) is 5.25. The number of nitrogens with zero attached hydrogens (tertiary/aromatic N) is 3. The largest absolute Gasteiger partial charge is 0.416 e. The van der Waals surface area contributed by atoms with Gasteiger partial charge in [0.1, 0.15) is 11.9 Å². The molecule has 1 aliphatic heterocycles. The molecule has 1 aromatic carbocycles. The monoisotopic (exact) mass is 440 g/mol. The number of hydrogen-bond acceptors (Lipinski definition) is 3. The topological polar surface area (TPSA) is 67.2 Å². The van der Waals surface area contributed by atoms with Gasteiger partial charge in [0.2, 0.25) is 11.8 Å². The van der Waals surface area contributed by atoms with Crippen LogP contribution in [-0.2, 0) is 15.8 Å². The van der Waals surface area contributed by atoms with E-state index >= 15 is 0 Å². The van der Waals surface area contributed by atoms with Crippen LogP contribution in [0.15, 0.2) is 24.3 Å². The third-order valence-corrected chi connectivity index (χ3v) is 5.67. The number of anilines is 1. The van der Waals surface area contributed by atoms with Crippen molar-refractivity contribution in [3.8, 4) is 5.69 Å². The van der Waals surface area contributed by atoms with Crippen molar-refractivity contribution in [3.05, 3.63) is 40.5 Å². The van der Waals surface area contributed by atoms with Crippen LogP contribution in [0.2, 0.25) is 5.02 Å². The Labute approximate surface area is 176 Å². The van der Waals surface area contributed by atoms with Crippen LogP contribution in [0.4, 0.5) is 19.0 Å². The van der Waals surface area contributed by atoms with Crippen molar-refractivity contribution in [1.82, 2.24) is 14.7 Å². The summed E-state index contributed by atoms with van der Waals surface area (Å²) in [5.41, 5.74) is -0.368. The molecule has 1 saturated heterocycles. The molecule has 0 bridgehead atoms. The molecule has 0 radical (unpaired) electrons. The van der Waals surface area contributed by atoms with Crippen LogP contribution in [0.3, 0.4) is 0 Å². The van der Waals surface area contributed by atoms with Crippen molar-refractivity contribution in [1.29, 1.82) is 0 Å². The highest BCUT2D eigenvalue weighted by Crippen LogP contribution is 2.35. The SMILES string of the molecule is Cc1cc(NC(=O)[C@@H]2CCCN2C(=O)C2CC2)n(-c2cc(C(F)(F)F)ccc2Cl)n1. The van der Waals surface area contributed by atoms with Gasteiger partial charge in [-0.15, -0.1) is 0 Å². The number of aromatic nitrogens is 2. The lowest BCUT2D eigenvalue weighted by molar-refractivity contribution is -0.138. The number of likely N-dealkylation sites (tertiary alicyclic amines) is 1. The van der Waals surface area contributed by atoms with Gasteiger partial charge in [-0.3, -0.25) is 9.59 Å². The molecule has 1 N–H and O–H groups in total. The molecule has 0 spiro atoms. The van der Waals surface area contributed by atoms with Crippen LogP contribution in [-0.4, -0.2) is 39.1 Å². The molecule has 160 valence electrons. The van der Waals surface area contributed by atoms with Gasteiger partial charge in [0.25, 0.3) is 0 Å². The zero-order chi connectivity index (χ0) is 21.6. The first-order valence-corrected chi connectivity index (χ1v) is 10.1. The maximum atomic E-state index is 13.1. The lowest BCUT2D eigenvalue weighted by atomic mass is 10.2. The fourth-order valence-electron chi connectivity index (χ4n) is 3.70. The van der Waals surface area contributed by atoms with Gasteiger partial charge in [0.05, 0.1) is 22.0 Å². The summed E-state index contributed by atoms with van der Waals surface area (Å²) in [4.78, 5) is 27.0. The maximum Gasteiger partial charge on any atom is 0.416 e. The van der Waals surface area contributed by atoms with E-state index in [1.165, 1.54) is 4.68 Å². The second-order valence-corrected chi connectivity index (χ2v) is 8.11. The standard InChI is InChI=1S/C20H20ClF3N4O2/c1-11-9-17(25-18(29)15-3-2-8-27(15)19(30)12-4-5-12)28(26-11)16-10-13(20(22,23)24)6-7-14(16)21/h6-7,9-10,12,15H,2-5,8H2,1H3,(H,25,29)/t15-/m0/s1. The zero-order valence-corrected chi connectivity index (χ0v) is 16.9. The third-order valence-electron chi connectivity index (χ3n) is 5.35. The van der Waals surface area contributed by atoms with Crippen molar-refractivity contribution in [3.63, 3.8) is 0 Å². The summed E-state index contributed by atoms with van der Waals surface area (Å²) in [6.45, 7) is 2.19. The van der Waals surface area contributed by atoms with Crippen LogP contribution < -0.4 is 5.32 Å². The highest BCUT2D eigenvalue weighted by molar-refractivity contribution is 6.32. The molecular formula is C20H20ClF3N4O2. The number of amides is 2. The lowest BCUT2D eigenvalue weighted by Gasteiger charge is -2.24. The molecule has 1 aromatic heterocycles. The lowest BCUT2D eigenvalue weighted by Crippen LogP contribution is -2.44. The molecule has 30 heavy (non-hydrogen) atoms. The van der Waals surface area contributed by atoms with E-state index < -0.39 is 17.8 Å². The van der Waals surface area contributed by atoms with Crippen molar-refractivity contribution < 1.29 is 22.8 Å². The Hall–Kier alpha value is -2.55. The zero-order valence-electron chi connectivity index (χ0n) is 16.2. The third kappa shape index (κ3) is 4.03. The Morgan fingerprint density at radius 3 is 2.60 bits per heavy atom. The Morgan fingerprint density at radius 1 is 1.20 bits per heavy atom. The molecule has 2 aliphatic rings. The van der Waals surface area contributed by atoms with Crippen molar-refractivity contribution in [2.45, 2.75) is 44.8 Å². The summed E-state index contributed by atoms with van der Waals surface area (Å²) in [5, 5.41) is 7.00. The Balaban J connectivity index is 1.61. The second kappa shape index (κ2) is 7.61. The van der Waals surface area contributed by atoms with E-state index in [0.717, 1.165) is 37.5 Å². The van der Waals surface area contributed by atoms with E-state index in [-0.39, 0.29) is 34.3 Å². The maximum absolute atomic E-state index is 13.1. The first-order chi connectivity index (χ1) is 14.1. The fourth-order valence-corrected chi connectivity index (χ4v) is 3.90. The summed E-state index contributed by atoms with van der Waals surface area (Å²) in [7, 11) is 0. The van der Waals surface area contributed by atoms with Gasteiger partial charge in [-0.05, 0) is 50.8 Å². The number of carbonyl (C=O) groups excluding carboxylic acids is 2. The van der Waals surface area contributed by atoms with Gasteiger partial charge >= 0.3 is 6.18 Å². The minimum Gasteiger partial charge on any atom is -0.330 e. The van der Waals surface area contributed by atoms with Gasteiger partial charge in [0.15, 0.2) is 0 Å². The summed E-state index contributed by atoms with van der Waals surface area (Å²) < 4.78 is 40.6. The van der Waals surface area contributed by atoms with Crippen molar-refractivity contribution in [2.24, 2.45) is 5.92 Å². The van der Waals surface area contributed by atoms with Crippen LogP contribution in [0, 0.1) is 12.8 Å². The van der Waals surface area contributed by atoms with Gasteiger partial charge in [-0.1, -0.05) is 11.6 Å². The smallest absolute Gasteiger partial charge is 0.330 e. The fraction of sp³-hybridized carbons (Fsp3) is 0.450. The predicted octanol–water partition coefficient (Wildman–Crippen LogP) is 4.19. The number of hydrogen-bond donors (Lipinski definition) is 1. The minimum absolute atomic E-state index is 0.00161. The van der Waals surface area contributed by atoms with E-state index in [2.05, 4.69) is 10.4 Å². The molecule has 1 aliphatic carbocycles. The average Bonchev–Trinajstić information content (AvgIpc) is 3.29. The van der Waals surface area contributed by atoms with Crippen LogP contribution >= 0.6 is 11.6 Å². The van der Waals surface area contributed by atoms with Crippen molar-refractivity contribution in [2.75, 3.05) is 11.9 Å². The molecule has 2 heterocycles. The predicted molar refractivity (Wildman–Crippen MR) is 104 cm³/mol. The Bertz CT molecular complexity index is 1000. The average molecular weight is 441 g/mol. The quantitative estimate of drug-likeness (QED) is 0.775. The molecule has 2 aromatic rings. The summed E-state index contributed by atoms with van der Waals surface area (Å²) in [6, 6.07) is 3.88. The number of rotatable bonds is 4. The molecule has 2 fully saturated rings. The normalized spacial score (nSPS) is 19.2. The number of alkyl halides is 3. The number of nitrogens with one attached hydrogen (secondary N) is 1. The number of benzene rings is 1. The first kappa shape index (κ1) is 20.7. The first-order valence-electron chi connectivity index (χ1n) is 9.70. The van der Waals surface area contributed by atoms with Crippen LogP contribution in [0.5, 0.6) is 0 Å². The molecule has 0 unspecified atom stereocenters. The molecule has 1 saturated carbocycles. The van der Waals surface area contributed by atoms with E-state index in [9.17, 15) is 22.8 Å². The summed E-state index contributed by atoms with van der Waals surface area (Å²) in [6.07, 6.45) is -1.57. The summed E-state index contributed by atoms with van der Waals surface area (Å²) in [5.74, 6) is -0.177. The van der Waals surface area contributed by atoms with E-state index in [4.69, 9.17) is 11.6 Å². The number of halogens is 4. The molecule has 10 heteroatoms. The van der Waals surface area contributed by atoms with Gasteiger partial charge in [0, 0.05) is 18.5 Å². The molecule has 2 amide bonds. The van der Waals surface area contributed by atoms with Gasteiger partial charge in [-0.2, -0.15) is 18.3 Å².